The van der Waals surface area contributed by atoms with Crippen molar-refractivity contribution in [1.82, 2.24) is 4.57 Å². The molecule has 1 aromatic heterocycles. The molecule has 1 unspecified atom stereocenters. The summed E-state index contributed by atoms with van der Waals surface area (Å²) in [5.74, 6) is -0.582. The monoisotopic (exact) mass is 448 g/mol. The zero-order chi connectivity index (χ0) is 24.2. The van der Waals surface area contributed by atoms with Gasteiger partial charge in [-0.1, -0.05) is 66.7 Å². The zero-order valence-electron chi connectivity index (χ0n) is 19.0. The number of carbonyl (C=O) groups is 2. The van der Waals surface area contributed by atoms with Crippen molar-refractivity contribution in [3.05, 3.63) is 119 Å². The van der Waals surface area contributed by atoms with Crippen LogP contribution in [0.2, 0.25) is 0 Å². The third kappa shape index (κ3) is 3.96. The number of nitrogens with two attached hydrogens (primary N) is 1. The number of amides is 2. The molecule has 0 fully saturated rings. The summed E-state index contributed by atoms with van der Waals surface area (Å²) >= 11 is 0. The maximum Gasteiger partial charge on any atom is 0.266 e. The lowest BCUT2D eigenvalue weighted by Gasteiger charge is -2.27. The van der Waals surface area contributed by atoms with E-state index in [-0.39, 0.29) is 17.4 Å². The summed E-state index contributed by atoms with van der Waals surface area (Å²) in [7, 11) is 0. The zero-order valence-corrected chi connectivity index (χ0v) is 19.0. The van der Waals surface area contributed by atoms with E-state index in [4.69, 9.17) is 5.73 Å². The smallest absolute Gasteiger partial charge is 0.266 e. The second-order valence-corrected chi connectivity index (χ2v) is 7.96. The standard InChI is InChI=1S/C28H24N4O2/c1-19-24(18-29)26(31(25(19)30)20(2)21-12-6-3-7-13-21)32(27(33)22-14-8-4-9-15-22)28(34)23-16-10-5-11-17-23/h3-17,20H,30H2,1-2H3. The molecular formula is C28H24N4O2. The number of hydrogen-bond acceptors (Lipinski definition) is 4. The summed E-state index contributed by atoms with van der Waals surface area (Å²) in [5.41, 5.74) is 8.78. The summed E-state index contributed by atoms with van der Waals surface area (Å²) in [6.07, 6.45) is 0. The number of aromatic nitrogens is 1. The molecule has 6 nitrogen and oxygen atoms in total. The highest BCUT2D eigenvalue weighted by Gasteiger charge is 2.35. The average Bonchev–Trinajstić information content (AvgIpc) is 3.14. The van der Waals surface area contributed by atoms with Gasteiger partial charge in [0.2, 0.25) is 0 Å². The Kier molecular flexibility index (Phi) is 6.28. The quantitative estimate of drug-likeness (QED) is 0.417. The number of hydrogen-bond donors (Lipinski definition) is 1. The lowest BCUT2D eigenvalue weighted by atomic mass is 10.1. The van der Waals surface area contributed by atoms with Crippen molar-refractivity contribution < 1.29 is 9.59 Å². The van der Waals surface area contributed by atoms with Crippen LogP contribution in [-0.4, -0.2) is 16.4 Å². The van der Waals surface area contributed by atoms with Gasteiger partial charge >= 0.3 is 0 Å². The van der Waals surface area contributed by atoms with Crippen molar-refractivity contribution in [2.45, 2.75) is 19.9 Å². The molecule has 0 radical (unpaired) electrons. The lowest BCUT2D eigenvalue weighted by Crippen LogP contribution is -2.39. The molecule has 2 amide bonds. The van der Waals surface area contributed by atoms with Gasteiger partial charge in [0.1, 0.15) is 23.3 Å². The number of carbonyl (C=O) groups excluding carboxylic acids is 2. The van der Waals surface area contributed by atoms with E-state index in [9.17, 15) is 14.9 Å². The first-order valence-corrected chi connectivity index (χ1v) is 10.9. The first kappa shape index (κ1) is 22.6. The molecule has 0 saturated carbocycles. The fourth-order valence-corrected chi connectivity index (χ4v) is 4.04. The predicted molar refractivity (Wildman–Crippen MR) is 133 cm³/mol. The molecule has 3 aromatic carbocycles. The highest BCUT2D eigenvalue weighted by molar-refractivity contribution is 6.26. The van der Waals surface area contributed by atoms with Crippen molar-refractivity contribution in [2.24, 2.45) is 0 Å². The highest BCUT2D eigenvalue weighted by atomic mass is 16.2. The molecule has 0 aliphatic rings. The second-order valence-electron chi connectivity index (χ2n) is 7.96. The van der Waals surface area contributed by atoms with Crippen LogP contribution in [0.25, 0.3) is 0 Å². The number of imide groups is 1. The number of nitrogen functional groups attached to an aromatic ring is 1. The van der Waals surface area contributed by atoms with Gasteiger partial charge in [-0.3, -0.25) is 9.59 Å². The Bertz CT molecular complexity index is 1320. The van der Waals surface area contributed by atoms with Crippen molar-refractivity contribution in [1.29, 1.82) is 5.26 Å². The van der Waals surface area contributed by atoms with E-state index in [2.05, 4.69) is 6.07 Å². The van der Waals surface area contributed by atoms with Crippen LogP contribution in [0.15, 0.2) is 91.0 Å². The predicted octanol–water partition coefficient (Wildman–Crippen LogP) is 5.35. The van der Waals surface area contributed by atoms with Gasteiger partial charge in [0, 0.05) is 16.7 Å². The molecule has 34 heavy (non-hydrogen) atoms. The average molecular weight is 449 g/mol. The van der Waals surface area contributed by atoms with Crippen LogP contribution in [0.3, 0.4) is 0 Å². The Morgan fingerprint density at radius 1 is 0.853 bits per heavy atom. The highest BCUT2D eigenvalue weighted by Crippen LogP contribution is 2.38. The fraction of sp³-hybridized carbons (Fsp3) is 0.107. The minimum atomic E-state index is -0.537. The molecule has 1 heterocycles. The number of nitriles is 1. The van der Waals surface area contributed by atoms with E-state index in [0.717, 1.165) is 10.5 Å². The third-order valence-electron chi connectivity index (χ3n) is 5.91. The van der Waals surface area contributed by atoms with E-state index in [0.29, 0.717) is 22.5 Å². The van der Waals surface area contributed by atoms with Gasteiger partial charge in [-0.05, 0) is 43.7 Å². The first-order valence-electron chi connectivity index (χ1n) is 10.9. The molecule has 0 aliphatic carbocycles. The number of nitrogens with zero attached hydrogens (tertiary/aromatic N) is 3. The van der Waals surface area contributed by atoms with Gasteiger partial charge in [-0.15, -0.1) is 0 Å². The summed E-state index contributed by atoms with van der Waals surface area (Å²) in [6.45, 7) is 3.65. The molecular weight excluding hydrogens is 424 g/mol. The van der Waals surface area contributed by atoms with Gasteiger partial charge in [0.25, 0.3) is 11.8 Å². The summed E-state index contributed by atoms with van der Waals surface area (Å²) < 4.78 is 1.70. The van der Waals surface area contributed by atoms with Crippen LogP contribution in [0, 0.1) is 18.3 Å². The molecule has 0 bridgehead atoms. The summed E-state index contributed by atoms with van der Waals surface area (Å²) in [6, 6.07) is 28.5. The van der Waals surface area contributed by atoms with Crippen LogP contribution in [0.4, 0.5) is 11.6 Å². The third-order valence-corrected chi connectivity index (χ3v) is 5.91. The topological polar surface area (TPSA) is 92.1 Å². The van der Waals surface area contributed by atoms with Gasteiger partial charge in [-0.25, -0.2) is 4.90 Å². The molecule has 6 heteroatoms. The Balaban J connectivity index is 1.99. The molecule has 4 rings (SSSR count). The van der Waals surface area contributed by atoms with E-state index < -0.39 is 11.8 Å². The Morgan fingerprint density at radius 2 is 1.29 bits per heavy atom. The summed E-state index contributed by atoms with van der Waals surface area (Å²) in [4.78, 5) is 28.7. The van der Waals surface area contributed by atoms with Crippen LogP contribution < -0.4 is 10.6 Å². The minimum absolute atomic E-state index is 0.163. The maximum atomic E-state index is 13.8. The van der Waals surface area contributed by atoms with Crippen molar-refractivity contribution >= 4 is 23.5 Å². The first-order chi connectivity index (χ1) is 16.5. The van der Waals surface area contributed by atoms with Crippen molar-refractivity contribution in [3.63, 3.8) is 0 Å². The van der Waals surface area contributed by atoms with E-state index in [1.807, 2.05) is 37.3 Å². The van der Waals surface area contributed by atoms with Crippen molar-refractivity contribution in [2.75, 3.05) is 10.6 Å². The largest absolute Gasteiger partial charge is 0.385 e. The van der Waals surface area contributed by atoms with Gasteiger partial charge < -0.3 is 10.3 Å². The van der Waals surface area contributed by atoms with Crippen LogP contribution >= 0.6 is 0 Å². The van der Waals surface area contributed by atoms with E-state index in [1.54, 1.807) is 72.2 Å². The van der Waals surface area contributed by atoms with Crippen LogP contribution in [-0.2, 0) is 0 Å². The number of anilines is 2. The molecule has 0 spiro atoms. The Labute approximate surface area is 198 Å². The number of benzene rings is 3. The van der Waals surface area contributed by atoms with E-state index in [1.165, 1.54) is 0 Å². The molecule has 0 saturated heterocycles. The Morgan fingerprint density at radius 3 is 1.74 bits per heavy atom. The second kappa shape index (κ2) is 9.47. The van der Waals surface area contributed by atoms with E-state index >= 15 is 0 Å². The molecule has 168 valence electrons. The lowest BCUT2D eigenvalue weighted by molar-refractivity contribution is 0.0895. The Hall–Kier alpha value is -4.63. The van der Waals surface area contributed by atoms with Gasteiger partial charge in [-0.2, -0.15) is 5.26 Å². The molecule has 0 aliphatic heterocycles. The molecule has 4 aromatic rings. The van der Waals surface area contributed by atoms with Gasteiger partial charge in [0.15, 0.2) is 0 Å². The fourth-order valence-electron chi connectivity index (χ4n) is 4.04. The van der Waals surface area contributed by atoms with Crippen LogP contribution in [0.1, 0.15) is 50.4 Å². The van der Waals surface area contributed by atoms with Crippen LogP contribution in [0.5, 0.6) is 0 Å². The summed E-state index contributed by atoms with van der Waals surface area (Å²) in [5, 5.41) is 10.1. The van der Waals surface area contributed by atoms with Gasteiger partial charge in [0.05, 0.1) is 6.04 Å². The SMILES string of the molecule is Cc1c(C#N)c(N(C(=O)c2ccccc2)C(=O)c2ccccc2)n(C(C)c2ccccc2)c1N. The normalized spacial score (nSPS) is 11.4. The van der Waals surface area contributed by atoms with Crippen molar-refractivity contribution in [3.8, 4) is 6.07 Å². The maximum absolute atomic E-state index is 13.8. The minimum Gasteiger partial charge on any atom is -0.385 e. The molecule has 2 N–H and O–H groups in total. The molecule has 1 atom stereocenters. The number of rotatable bonds is 5.